The maximum Gasteiger partial charge on any atom is 0.225 e. The summed E-state index contributed by atoms with van der Waals surface area (Å²) in [6.45, 7) is 0. The van der Waals surface area contributed by atoms with Gasteiger partial charge in [-0.2, -0.15) is 0 Å². The number of oxazole rings is 1. The maximum absolute atomic E-state index is 5.18. The van der Waals surface area contributed by atoms with Crippen LogP contribution in [0.5, 0.6) is 0 Å². The molecule has 0 aliphatic rings. The smallest absolute Gasteiger partial charge is 0.225 e. The maximum atomic E-state index is 5.18. The van der Waals surface area contributed by atoms with Crippen LogP contribution in [0.2, 0.25) is 0 Å². The zero-order valence-corrected chi connectivity index (χ0v) is 7.32. The van der Waals surface area contributed by atoms with Gasteiger partial charge in [-0.1, -0.05) is 6.07 Å². The fourth-order valence-corrected chi connectivity index (χ4v) is 1.17. The molecule has 66 valence electrons. The van der Waals surface area contributed by atoms with E-state index in [0.29, 0.717) is 5.89 Å². The van der Waals surface area contributed by atoms with Crippen LogP contribution in [0.15, 0.2) is 41.1 Å². The van der Waals surface area contributed by atoms with E-state index in [2.05, 4.69) is 10.3 Å². The van der Waals surface area contributed by atoms with E-state index >= 15 is 0 Å². The number of rotatable bonds is 2. The minimum absolute atomic E-state index is 0.650. The van der Waals surface area contributed by atoms with Crippen molar-refractivity contribution >= 4 is 5.69 Å². The third kappa shape index (κ3) is 1.54. The van der Waals surface area contributed by atoms with E-state index in [1.807, 2.05) is 31.3 Å². The molecule has 3 nitrogen and oxygen atoms in total. The molecular formula is C10H10N2O. The molecule has 0 aliphatic heterocycles. The van der Waals surface area contributed by atoms with Crippen LogP contribution in [0.3, 0.4) is 0 Å². The minimum Gasteiger partial charge on any atom is -0.445 e. The predicted octanol–water partition coefficient (Wildman–Crippen LogP) is 2.38. The molecule has 1 heterocycles. The van der Waals surface area contributed by atoms with Gasteiger partial charge in [0.15, 0.2) is 0 Å². The largest absolute Gasteiger partial charge is 0.445 e. The zero-order valence-electron chi connectivity index (χ0n) is 7.32. The fraction of sp³-hybridized carbons (Fsp3) is 0.100. The molecule has 2 aromatic rings. The molecule has 0 bridgehead atoms. The van der Waals surface area contributed by atoms with E-state index < -0.39 is 0 Å². The topological polar surface area (TPSA) is 38.1 Å². The van der Waals surface area contributed by atoms with Crippen LogP contribution in [-0.2, 0) is 0 Å². The molecule has 1 aromatic carbocycles. The van der Waals surface area contributed by atoms with Gasteiger partial charge in [-0.05, 0) is 18.2 Å². The molecule has 13 heavy (non-hydrogen) atoms. The highest BCUT2D eigenvalue weighted by molar-refractivity contribution is 5.60. The zero-order chi connectivity index (χ0) is 9.10. The molecule has 1 aromatic heterocycles. The minimum atomic E-state index is 0.650. The lowest BCUT2D eigenvalue weighted by atomic mass is 10.2. The molecular weight excluding hydrogens is 164 g/mol. The van der Waals surface area contributed by atoms with Gasteiger partial charge >= 0.3 is 0 Å². The van der Waals surface area contributed by atoms with Crippen molar-refractivity contribution in [3.8, 4) is 11.5 Å². The molecule has 0 atom stereocenters. The lowest BCUT2D eigenvalue weighted by Crippen LogP contribution is -1.87. The molecule has 0 radical (unpaired) electrons. The number of aromatic nitrogens is 1. The molecule has 0 fully saturated rings. The summed E-state index contributed by atoms with van der Waals surface area (Å²) in [5, 5.41) is 3.06. The van der Waals surface area contributed by atoms with Gasteiger partial charge < -0.3 is 9.73 Å². The van der Waals surface area contributed by atoms with Crippen molar-refractivity contribution in [2.75, 3.05) is 12.4 Å². The normalized spacial score (nSPS) is 9.92. The van der Waals surface area contributed by atoms with Crippen molar-refractivity contribution in [2.45, 2.75) is 0 Å². The van der Waals surface area contributed by atoms with Gasteiger partial charge in [0, 0.05) is 18.3 Å². The number of nitrogens with zero attached hydrogens (tertiary/aromatic N) is 1. The molecule has 1 N–H and O–H groups in total. The van der Waals surface area contributed by atoms with Gasteiger partial charge in [0.1, 0.15) is 6.26 Å². The fourth-order valence-electron chi connectivity index (χ4n) is 1.17. The predicted molar refractivity (Wildman–Crippen MR) is 51.5 cm³/mol. The number of nitrogens with one attached hydrogen (secondary N) is 1. The van der Waals surface area contributed by atoms with Gasteiger partial charge in [0.2, 0.25) is 5.89 Å². The van der Waals surface area contributed by atoms with E-state index in [-0.39, 0.29) is 0 Å². The van der Waals surface area contributed by atoms with Crippen molar-refractivity contribution in [1.82, 2.24) is 4.98 Å². The van der Waals surface area contributed by atoms with Gasteiger partial charge in [-0.25, -0.2) is 4.98 Å². The van der Waals surface area contributed by atoms with E-state index in [9.17, 15) is 0 Å². The third-order valence-corrected chi connectivity index (χ3v) is 1.83. The summed E-state index contributed by atoms with van der Waals surface area (Å²) >= 11 is 0. The Morgan fingerprint density at radius 3 is 3.00 bits per heavy atom. The van der Waals surface area contributed by atoms with Gasteiger partial charge in [-0.15, -0.1) is 0 Å². The van der Waals surface area contributed by atoms with Crippen LogP contribution in [0, 0.1) is 0 Å². The van der Waals surface area contributed by atoms with Crippen LogP contribution in [0.4, 0.5) is 5.69 Å². The molecule has 0 spiro atoms. The Morgan fingerprint density at radius 2 is 2.31 bits per heavy atom. The van der Waals surface area contributed by atoms with E-state index in [1.54, 1.807) is 12.5 Å². The molecule has 2 rings (SSSR count). The van der Waals surface area contributed by atoms with E-state index in [0.717, 1.165) is 11.3 Å². The summed E-state index contributed by atoms with van der Waals surface area (Å²) < 4.78 is 5.18. The average Bonchev–Trinajstić information content (AvgIpc) is 2.71. The summed E-state index contributed by atoms with van der Waals surface area (Å²) in [6, 6.07) is 7.91. The highest BCUT2D eigenvalue weighted by Gasteiger charge is 2.01. The average molecular weight is 174 g/mol. The Balaban J connectivity index is 2.41. The Bertz CT molecular complexity index is 382. The second kappa shape index (κ2) is 3.31. The molecule has 0 saturated carbocycles. The van der Waals surface area contributed by atoms with Crippen molar-refractivity contribution in [1.29, 1.82) is 0 Å². The first kappa shape index (κ1) is 7.86. The van der Waals surface area contributed by atoms with Crippen LogP contribution >= 0.6 is 0 Å². The van der Waals surface area contributed by atoms with Gasteiger partial charge in [-0.3, -0.25) is 0 Å². The first-order valence-electron chi connectivity index (χ1n) is 4.08. The second-order valence-electron chi connectivity index (χ2n) is 2.67. The van der Waals surface area contributed by atoms with Crippen molar-refractivity contribution in [3.05, 3.63) is 36.7 Å². The van der Waals surface area contributed by atoms with Crippen LogP contribution in [0.1, 0.15) is 0 Å². The van der Waals surface area contributed by atoms with E-state index in [1.165, 1.54) is 0 Å². The molecule has 0 saturated heterocycles. The van der Waals surface area contributed by atoms with Crippen molar-refractivity contribution < 1.29 is 4.42 Å². The number of hydrogen-bond donors (Lipinski definition) is 1. The summed E-state index contributed by atoms with van der Waals surface area (Å²) in [5.74, 6) is 0.650. The Labute approximate surface area is 76.4 Å². The summed E-state index contributed by atoms with van der Waals surface area (Å²) in [4.78, 5) is 4.07. The molecule has 0 amide bonds. The third-order valence-electron chi connectivity index (χ3n) is 1.83. The number of anilines is 1. The Hall–Kier alpha value is -1.77. The van der Waals surface area contributed by atoms with Crippen molar-refractivity contribution in [3.63, 3.8) is 0 Å². The van der Waals surface area contributed by atoms with Crippen LogP contribution in [0.25, 0.3) is 11.5 Å². The lowest BCUT2D eigenvalue weighted by Gasteiger charge is -2.00. The first-order chi connectivity index (χ1) is 6.40. The second-order valence-corrected chi connectivity index (χ2v) is 2.67. The lowest BCUT2D eigenvalue weighted by molar-refractivity contribution is 0.574. The summed E-state index contributed by atoms with van der Waals surface area (Å²) in [7, 11) is 1.88. The van der Waals surface area contributed by atoms with Crippen LogP contribution < -0.4 is 5.32 Å². The molecule has 0 unspecified atom stereocenters. The monoisotopic (exact) mass is 174 g/mol. The van der Waals surface area contributed by atoms with Crippen molar-refractivity contribution in [2.24, 2.45) is 0 Å². The van der Waals surface area contributed by atoms with Gasteiger partial charge in [0.25, 0.3) is 0 Å². The first-order valence-corrected chi connectivity index (χ1v) is 4.08. The highest BCUT2D eigenvalue weighted by Crippen LogP contribution is 2.20. The van der Waals surface area contributed by atoms with E-state index in [4.69, 9.17) is 4.42 Å². The Kier molecular flexibility index (Phi) is 2.00. The Morgan fingerprint density at radius 1 is 1.38 bits per heavy atom. The number of benzene rings is 1. The number of hydrogen-bond acceptors (Lipinski definition) is 3. The SMILES string of the molecule is CNc1cccc(-c2ncco2)c1. The van der Waals surface area contributed by atoms with Gasteiger partial charge in [0.05, 0.1) is 6.20 Å². The molecule has 3 heteroatoms. The summed E-state index contributed by atoms with van der Waals surface area (Å²) in [6.07, 6.45) is 3.21. The standard InChI is InChI=1S/C10H10N2O/c1-11-9-4-2-3-8(7-9)10-12-5-6-13-10/h2-7,11H,1H3. The highest BCUT2D eigenvalue weighted by atomic mass is 16.3. The molecule has 0 aliphatic carbocycles. The van der Waals surface area contributed by atoms with Crippen LogP contribution in [-0.4, -0.2) is 12.0 Å². The summed E-state index contributed by atoms with van der Waals surface area (Å²) in [5.41, 5.74) is 2.03. The quantitative estimate of drug-likeness (QED) is 0.759.